The first-order valence-corrected chi connectivity index (χ1v) is 5.55. The molecule has 1 heterocycles. The highest BCUT2D eigenvalue weighted by atomic mass is 32.1. The summed E-state index contributed by atoms with van der Waals surface area (Å²) in [4.78, 5) is 0. The molecule has 1 N–H and O–H groups in total. The third-order valence-corrected chi connectivity index (χ3v) is 3.55. The van der Waals surface area contributed by atoms with E-state index in [0.717, 1.165) is 0 Å². The quantitative estimate of drug-likeness (QED) is 0.655. The van der Waals surface area contributed by atoms with Gasteiger partial charge in [-0.25, -0.2) is 0 Å². The van der Waals surface area contributed by atoms with E-state index >= 15 is 0 Å². The molecule has 1 nitrogen and oxygen atoms in total. The van der Waals surface area contributed by atoms with Crippen molar-refractivity contribution in [2.24, 2.45) is 0 Å². The van der Waals surface area contributed by atoms with Gasteiger partial charge in [-0.2, -0.15) is 11.3 Å². The highest BCUT2D eigenvalue weighted by Gasteiger charge is 2.15. The minimum atomic E-state index is 0.709. The number of nitrogens with one attached hydrogen (secondary N) is 1. The number of rotatable bonds is 1. The van der Waals surface area contributed by atoms with Gasteiger partial charge < -0.3 is 5.32 Å². The molecule has 66 valence electrons. The molecule has 0 fully saturated rings. The largest absolute Gasteiger partial charge is 0.317 e. The SMILES string of the molecule is CNC1CCCc2cscc2C1. The van der Waals surface area contributed by atoms with Gasteiger partial charge in [0.05, 0.1) is 0 Å². The van der Waals surface area contributed by atoms with Crippen LogP contribution in [-0.2, 0) is 12.8 Å². The van der Waals surface area contributed by atoms with Crippen LogP contribution in [0.25, 0.3) is 0 Å². The fourth-order valence-corrected chi connectivity index (χ4v) is 2.81. The molecule has 0 aliphatic heterocycles. The summed E-state index contributed by atoms with van der Waals surface area (Å²) in [6.07, 6.45) is 5.19. The molecule has 0 aromatic carbocycles. The van der Waals surface area contributed by atoms with Crippen LogP contribution in [0.1, 0.15) is 24.0 Å². The zero-order chi connectivity index (χ0) is 8.39. The van der Waals surface area contributed by atoms with Crippen LogP contribution in [0.5, 0.6) is 0 Å². The van der Waals surface area contributed by atoms with Gasteiger partial charge in [0.15, 0.2) is 0 Å². The van der Waals surface area contributed by atoms with Crippen LogP contribution in [0.2, 0.25) is 0 Å². The van der Waals surface area contributed by atoms with Crippen molar-refractivity contribution >= 4 is 11.3 Å². The number of hydrogen-bond acceptors (Lipinski definition) is 2. The molecule has 0 saturated heterocycles. The first kappa shape index (κ1) is 8.27. The van der Waals surface area contributed by atoms with E-state index in [-0.39, 0.29) is 0 Å². The Balaban J connectivity index is 2.18. The van der Waals surface area contributed by atoms with Gasteiger partial charge in [-0.15, -0.1) is 0 Å². The van der Waals surface area contributed by atoms with E-state index in [1.54, 1.807) is 11.1 Å². The average molecular weight is 181 g/mol. The molecule has 12 heavy (non-hydrogen) atoms. The summed E-state index contributed by atoms with van der Waals surface area (Å²) in [7, 11) is 2.07. The van der Waals surface area contributed by atoms with Crippen molar-refractivity contribution in [3.05, 3.63) is 21.9 Å². The molecule has 1 aromatic rings. The van der Waals surface area contributed by atoms with Gasteiger partial charge in [0, 0.05) is 6.04 Å². The number of likely N-dealkylation sites (N-methyl/N-ethyl adjacent to an activating group) is 1. The van der Waals surface area contributed by atoms with E-state index in [0.29, 0.717) is 6.04 Å². The molecular weight excluding hydrogens is 166 g/mol. The van der Waals surface area contributed by atoms with Crippen LogP contribution in [0.15, 0.2) is 10.8 Å². The summed E-state index contributed by atoms with van der Waals surface area (Å²) in [5.74, 6) is 0. The lowest BCUT2D eigenvalue weighted by molar-refractivity contribution is 0.517. The topological polar surface area (TPSA) is 12.0 Å². The van der Waals surface area contributed by atoms with E-state index in [1.165, 1.54) is 25.7 Å². The lowest BCUT2D eigenvalue weighted by atomic mass is 10.1. The maximum atomic E-state index is 3.38. The predicted octanol–water partition coefficient (Wildman–Crippen LogP) is 2.21. The Morgan fingerprint density at radius 2 is 2.25 bits per heavy atom. The number of hydrogen-bond donors (Lipinski definition) is 1. The Hall–Kier alpha value is -0.340. The number of thiophene rings is 1. The summed E-state index contributed by atoms with van der Waals surface area (Å²) in [5, 5.41) is 8.00. The minimum absolute atomic E-state index is 0.709. The second-order valence-electron chi connectivity index (χ2n) is 3.50. The van der Waals surface area contributed by atoms with E-state index in [9.17, 15) is 0 Å². The van der Waals surface area contributed by atoms with Crippen molar-refractivity contribution in [3.63, 3.8) is 0 Å². The van der Waals surface area contributed by atoms with E-state index in [1.807, 2.05) is 11.3 Å². The van der Waals surface area contributed by atoms with Crippen molar-refractivity contribution in [2.45, 2.75) is 31.7 Å². The Bertz CT molecular complexity index is 254. The first-order chi connectivity index (χ1) is 5.90. The molecule has 1 atom stereocenters. The van der Waals surface area contributed by atoms with Gasteiger partial charge in [0.2, 0.25) is 0 Å². The van der Waals surface area contributed by atoms with Crippen LogP contribution in [-0.4, -0.2) is 13.1 Å². The molecule has 0 amide bonds. The first-order valence-electron chi connectivity index (χ1n) is 4.61. The molecule has 1 aliphatic carbocycles. The standard InChI is InChI=1S/C10H15NS/c1-11-10-4-2-3-8-6-12-7-9(8)5-10/h6-7,10-11H,2-5H2,1H3. The smallest absolute Gasteiger partial charge is 0.0105 e. The van der Waals surface area contributed by atoms with Gasteiger partial charge in [-0.05, 0) is 54.6 Å². The van der Waals surface area contributed by atoms with Gasteiger partial charge >= 0.3 is 0 Å². The second-order valence-corrected chi connectivity index (χ2v) is 4.25. The van der Waals surface area contributed by atoms with Gasteiger partial charge in [0.25, 0.3) is 0 Å². The third-order valence-electron chi connectivity index (χ3n) is 2.71. The summed E-state index contributed by atoms with van der Waals surface area (Å²) in [6, 6.07) is 0.709. The third kappa shape index (κ3) is 1.54. The summed E-state index contributed by atoms with van der Waals surface area (Å²) in [5.41, 5.74) is 3.18. The number of fused-ring (bicyclic) bond motifs is 1. The summed E-state index contributed by atoms with van der Waals surface area (Å²) < 4.78 is 0. The lowest BCUT2D eigenvalue weighted by Crippen LogP contribution is -2.26. The molecule has 1 aliphatic rings. The van der Waals surface area contributed by atoms with E-state index < -0.39 is 0 Å². The van der Waals surface area contributed by atoms with Crippen LogP contribution in [0.3, 0.4) is 0 Å². The average Bonchev–Trinajstić information content (AvgIpc) is 2.43. The molecule has 1 aromatic heterocycles. The van der Waals surface area contributed by atoms with Crippen molar-refractivity contribution in [2.75, 3.05) is 7.05 Å². The molecule has 1 unspecified atom stereocenters. The second kappa shape index (κ2) is 3.58. The maximum Gasteiger partial charge on any atom is 0.0105 e. The highest BCUT2D eigenvalue weighted by Crippen LogP contribution is 2.23. The monoisotopic (exact) mass is 181 g/mol. The summed E-state index contributed by atoms with van der Waals surface area (Å²) >= 11 is 1.85. The van der Waals surface area contributed by atoms with Crippen molar-refractivity contribution in [1.82, 2.24) is 5.32 Å². The van der Waals surface area contributed by atoms with E-state index in [4.69, 9.17) is 0 Å². The Labute approximate surface area is 77.8 Å². The fraction of sp³-hybridized carbons (Fsp3) is 0.600. The Morgan fingerprint density at radius 1 is 1.42 bits per heavy atom. The van der Waals surface area contributed by atoms with Crippen molar-refractivity contribution in [3.8, 4) is 0 Å². The molecule has 2 heteroatoms. The molecule has 0 radical (unpaired) electrons. The number of aryl methyl sites for hydroxylation is 1. The van der Waals surface area contributed by atoms with Crippen molar-refractivity contribution in [1.29, 1.82) is 0 Å². The zero-order valence-corrected chi connectivity index (χ0v) is 8.29. The normalized spacial score (nSPS) is 23.2. The van der Waals surface area contributed by atoms with E-state index in [2.05, 4.69) is 23.1 Å². The molecule has 2 rings (SSSR count). The predicted molar refractivity (Wildman–Crippen MR) is 53.8 cm³/mol. The molecular formula is C10H15NS. The minimum Gasteiger partial charge on any atom is -0.317 e. The van der Waals surface area contributed by atoms with Gasteiger partial charge in [0.1, 0.15) is 0 Å². The zero-order valence-electron chi connectivity index (χ0n) is 7.47. The molecule has 0 spiro atoms. The summed E-state index contributed by atoms with van der Waals surface area (Å²) in [6.45, 7) is 0. The van der Waals surface area contributed by atoms with Crippen LogP contribution in [0, 0.1) is 0 Å². The Morgan fingerprint density at radius 3 is 3.08 bits per heavy atom. The molecule has 0 saturated carbocycles. The van der Waals surface area contributed by atoms with Gasteiger partial charge in [-0.1, -0.05) is 0 Å². The maximum absolute atomic E-state index is 3.38. The fourth-order valence-electron chi connectivity index (χ4n) is 1.90. The lowest BCUT2D eigenvalue weighted by Gasteiger charge is -2.11. The highest BCUT2D eigenvalue weighted by molar-refractivity contribution is 7.08. The Kier molecular flexibility index (Phi) is 2.47. The van der Waals surface area contributed by atoms with Crippen LogP contribution < -0.4 is 5.32 Å². The van der Waals surface area contributed by atoms with Crippen LogP contribution in [0.4, 0.5) is 0 Å². The van der Waals surface area contributed by atoms with Gasteiger partial charge in [-0.3, -0.25) is 0 Å². The van der Waals surface area contributed by atoms with Crippen molar-refractivity contribution < 1.29 is 0 Å². The molecule has 0 bridgehead atoms. The van der Waals surface area contributed by atoms with Crippen LogP contribution >= 0.6 is 11.3 Å².